The number of nitrogens with zero attached hydrogens (tertiary/aromatic N) is 2. The summed E-state index contributed by atoms with van der Waals surface area (Å²) < 4.78 is 0. The third kappa shape index (κ3) is 4.10. The number of anilines is 1. The topological polar surface area (TPSA) is 56.1 Å². The van der Waals surface area contributed by atoms with Crippen molar-refractivity contribution in [1.29, 1.82) is 5.26 Å². The first-order valence-corrected chi connectivity index (χ1v) is 6.03. The minimum atomic E-state index is -0.192. The van der Waals surface area contributed by atoms with Crippen LogP contribution in [0.1, 0.15) is 31.7 Å². The van der Waals surface area contributed by atoms with Gasteiger partial charge < -0.3 is 10.2 Å². The van der Waals surface area contributed by atoms with E-state index in [1.165, 1.54) is 10.5 Å². The van der Waals surface area contributed by atoms with Crippen molar-refractivity contribution in [2.75, 3.05) is 18.9 Å². The van der Waals surface area contributed by atoms with Gasteiger partial charge >= 0.3 is 6.03 Å². The van der Waals surface area contributed by atoms with Crippen LogP contribution in [0, 0.1) is 11.3 Å². The molecule has 1 rings (SSSR count). The Labute approximate surface area is 108 Å². The van der Waals surface area contributed by atoms with Crippen molar-refractivity contribution >= 4 is 11.7 Å². The average Bonchev–Trinajstić information content (AvgIpc) is 2.36. The predicted molar refractivity (Wildman–Crippen MR) is 72.4 cm³/mol. The maximum Gasteiger partial charge on any atom is 0.321 e. The number of urea groups is 1. The smallest absolute Gasteiger partial charge is 0.321 e. The lowest BCUT2D eigenvalue weighted by molar-refractivity contribution is 0.223. The maximum atomic E-state index is 11.7. The molecular weight excluding hydrogens is 226 g/mol. The van der Waals surface area contributed by atoms with Crippen molar-refractivity contribution in [3.63, 3.8) is 0 Å². The Morgan fingerprint density at radius 2 is 2.00 bits per heavy atom. The zero-order valence-electron chi connectivity index (χ0n) is 11.1. The zero-order chi connectivity index (χ0) is 13.5. The number of hydrogen-bond donors (Lipinski definition) is 1. The van der Waals surface area contributed by atoms with E-state index in [9.17, 15) is 4.79 Å². The molecule has 0 bridgehead atoms. The Kier molecular flexibility index (Phi) is 5.19. The number of nitriles is 1. The Hall–Kier alpha value is -2.02. The maximum absolute atomic E-state index is 11.7. The average molecular weight is 245 g/mol. The van der Waals surface area contributed by atoms with Crippen LogP contribution < -0.4 is 5.32 Å². The fourth-order valence-corrected chi connectivity index (χ4v) is 1.49. The fraction of sp³-hybridized carbons (Fsp3) is 0.429. The summed E-state index contributed by atoms with van der Waals surface area (Å²) in [6.45, 7) is 4.69. The molecule has 18 heavy (non-hydrogen) atoms. The van der Waals surface area contributed by atoms with Crippen LogP contribution in [0.4, 0.5) is 10.5 Å². The Balaban J connectivity index is 2.57. The van der Waals surface area contributed by atoms with Crippen molar-refractivity contribution in [2.45, 2.75) is 26.2 Å². The molecule has 0 unspecified atom stereocenters. The molecule has 0 atom stereocenters. The first-order valence-electron chi connectivity index (χ1n) is 6.03. The molecule has 0 heterocycles. The molecule has 0 fully saturated rings. The van der Waals surface area contributed by atoms with Crippen LogP contribution in [0.5, 0.6) is 0 Å². The summed E-state index contributed by atoms with van der Waals surface area (Å²) in [5.74, 6) is 0.480. The molecule has 1 N–H and O–H groups in total. The summed E-state index contributed by atoms with van der Waals surface area (Å²) >= 11 is 0. The molecule has 2 amide bonds. The molecule has 0 aliphatic rings. The molecule has 0 aliphatic carbocycles. The highest BCUT2D eigenvalue weighted by molar-refractivity contribution is 5.89. The molecule has 1 aromatic rings. The van der Waals surface area contributed by atoms with E-state index in [0.717, 1.165) is 5.69 Å². The van der Waals surface area contributed by atoms with Gasteiger partial charge in [0.15, 0.2) is 0 Å². The molecular formula is C14H19N3O. The van der Waals surface area contributed by atoms with Crippen LogP contribution in [-0.4, -0.2) is 24.5 Å². The van der Waals surface area contributed by atoms with E-state index in [2.05, 4.69) is 19.2 Å². The Morgan fingerprint density at radius 1 is 1.39 bits per heavy atom. The summed E-state index contributed by atoms with van der Waals surface area (Å²) in [6.07, 6.45) is 0.343. The molecule has 96 valence electrons. The normalized spacial score (nSPS) is 9.94. The van der Waals surface area contributed by atoms with Crippen LogP contribution in [0.2, 0.25) is 0 Å². The van der Waals surface area contributed by atoms with E-state index in [4.69, 9.17) is 5.26 Å². The van der Waals surface area contributed by atoms with E-state index in [1.54, 1.807) is 7.05 Å². The van der Waals surface area contributed by atoms with Crippen molar-refractivity contribution in [3.05, 3.63) is 29.8 Å². The summed E-state index contributed by atoms with van der Waals surface area (Å²) in [4.78, 5) is 13.2. The lowest BCUT2D eigenvalue weighted by Gasteiger charge is -2.16. The highest BCUT2D eigenvalue weighted by Gasteiger charge is 2.08. The van der Waals surface area contributed by atoms with Crippen molar-refractivity contribution in [2.24, 2.45) is 0 Å². The molecule has 0 radical (unpaired) electrons. The third-order valence-electron chi connectivity index (χ3n) is 2.73. The lowest BCUT2D eigenvalue weighted by atomic mass is 10.0. The fourth-order valence-electron chi connectivity index (χ4n) is 1.49. The quantitative estimate of drug-likeness (QED) is 0.885. The first kappa shape index (κ1) is 14.0. The van der Waals surface area contributed by atoms with Gasteiger partial charge in [-0.3, -0.25) is 0 Å². The van der Waals surface area contributed by atoms with Gasteiger partial charge in [-0.2, -0.15) is 5.26 Å². The highest BCUT2D eigenvalue weighted by Crippen LogP contribution is 2.17. The summed E-state index contributed by atoms with van der Waals surface area (Å²) in [5, 5.41) is 11.3. The second-order valence-corrected chi connectivity index (χ2v) is 4.54. The predicted octanol–water partition coefficient (Wildman–Crippen LogP) is 3.19. The van der Waals surface area contributed by atoms with Crippen molar-refractivity contribution in [3.8, 4) is 6.07 Å². The standard InChI is InChI=1S/C14H19N3O/c1-11(2)12-5-7-13(8-6-12)16-14(18)17(3)10-4-9-15/h5-8,11H,4,10H2,1-3H3,(H,16,18). The van der Waals surface area contributed by atoms with E-state index in [-0.39, 0.29) is 6.03 Å². The van der Waals surface area contributed by atoms with Crippen molar-refractivity contribution < 1.29 is 4.79 Å². The van der Waals surface area contributed by atoms with Gasteiger partial charge in [-0.05, 0) is 23.6 Å². The first-order chi connectivity index (χ1) is 8.54. The monoisotopic (exact) mass is 245 g/mol. The van der Waals surface area contributed by atoms with Gasteiger partial charge in [0.05, 0.1) is 12.5 Å². The van der Waals surface area contributed by atoms with Crippen LogP contribution >= 0.6 is 0 Å². The van der Waals surface area contributed by atoms with Crippen LogP contribution in [-0.2, 0) is 0 Å². The van der Waals surface area contributed by atoms with Crippen LogP contribution in [0.15, 0.2) is 24.3 Å². The molecule has 0 spiro atoms. The van der Waals surface area contributed by atoms with Gasteiger partial charge in [-0.1, -0.05) is 26.0 Å². The molecule has 4 heteroatoms. The molecule has 0 aromatic heterocycles. The second-order valence-electron chi connectivity index (χ2n) is 4.54. The SMILES string of the molecule is CC(C)c1ccc(NC(=O)N(C)CCC#N)cc1. The van der Waals surface area contributed by atoms with E-state index < -0.39 is 0 Å². The Bertz CT molecular complexity index is 431. The second kappa shape index (κ2) is 6.65. The minimum Gasteiger partial charge on any atom is -0.327 e. The van der Waals surface area contributed by atoms with E-state index in [0.29, 0.717) is 18.9 Å². The minimum absolute atomic E-state index is 0.192. The van der Waals surface area contributed by atoms with E-state index in [1.807, 2.05) is 30.3 Å². The van der Waals surface area contributed by atoms with Crippen LogP contribution in [0.25, 0.3) is 0 Å². The molecule has 1 aromatic carbocycles. The number of hydrogen-bond acceptors (Lipinski definition) is 2. The van der Waals surface area contributed by atoms with Gasteiger partial charge in [0.2, 0.25) is 0 Å². The largest absolute Gasteiger partial charge is 0.327 e. The van der Waals surface area contributed by atoms with Gasteiger partial charge in [0.1, 0.15) is 0 Å². The van der Waals surface area contributed by atoms with E-state index >= 15 is 0 Å². The number of benzene rings is 1. The van der Waals surface area contributed by atoms with Gasteiger partial charge in [-0.15, -0.1) is 0 Å². The lowest BCUT2D eigenvalue weighted by Crippen LogP contribution is -2.31. The van der Waals surface area contributed by atoms with Crippen LogP contribution in [0.3, 0.4) is 0 Å². The molecule has 0 aliphatic heterocycles. The summed E-state index contributed by atoms with van der Waals surface area (Å²) in [6, 6.07) is 9.63. The van der Waals surface area contributed by atoms with Gasteiger partial charge in [-0.25, -0.2) is 4.79 Å². The summed E-state index contributed by atoms with van der Waals surface area (Å²) in [7, 11) is 1.68. The van der Waals surface area contributed by atoms with Gasteiger partial charge in [0.25, 0.3) is 0 Å². The number of carbonyl (C=O) groups excluding carboxylic acids is 1. The molecule has 0 saturated carbocycles. The zero-order valence-corrected chi connectivity index (χ0v) is 11.1. The van der Waals surface area contributed by atoms with Crippen molar-refractivity contribution in [1.82, 2.24) is 4.90 Å². The molecule has 4 nitrogen and oxygen atoms in total. The third-order valence-corrected chi connectivity index (χ3v) is 2.73. The number of nitrogens with one attached hydrogen (secondary N) is 1. The highest BCUT2D eigenvalue weighted by atomic mass is 16.2. The number of rotatable bonds is 4. The Morgan fingerprint density at radius 3 is 2.50 bits per heavy atom. The number of amides is 2. The summed E-state index contributed by atoms with van der Waals surface area (Å²) in [5.41, 5.74) is 2.01. The number of carbonyl (C=O) groups is 1. The van der Waals surface area contributed by atoms with Gasteiger partial charge in [0, 0.05) is 19.3 Å². The molecule has 0 saturated heterocycles.